The van der Waals surface area contributed by atoms with Gasteiger partial charge in [-0.15, -0.1) is 0 Å². The molecule has 0 aromatic rings. The largest absolute Gasteiger partial charge is 0.378 e. The molecule has 96 valence electrons. The first kappa shape index (κ1) is 14.0. The van der Waals surface area contributed by atoms with Crippen LogP contribution in [-0.2, 0) is 4.74 Å². The summed E-state index contributed by atoms with van der Waals surface area (Å²) >= 11 is 0. The van der Waals surface area contributed by atoms with Crippen molar-refractivity contribution in [3.05, 3.63) is 0 Å². The number of nitrogens with one attached hydrogen (secondary N) is 1. The first-order valence-corrected chi connectivity index (χ1v) is 6.65. The summed E-state index contributed by atoms with van der Waals surface area (Å²) in [6, 6.07) is 0. The second kappa shape index (κ2) is 5.50. The topological polar surface area (TPSA) is 21.3 Å². The maximum absolute atomic E-state index is 5.67. The zero-order valence-electron chi connectivity index (χ0n) is 11.7. The van der Waals surface area contributed by atoms with Gasteiger partial charge in [0.05, 0.1) is 6.10 Å². The van der Waals surface area contributed by atoms with Gasteiger partial charge in [0.25, 0.3) is 0 Å². The Balaban J connectivity index is 2.22. The molecule has 0 spiro atoms. The van der Waals surface area contributed by atoms with Crippen molar-refractivity contribution in [1.29, 1.82) is 0 Å². The molecule has 1 N–H and O–H groups in total. The zero-order chi connectivity index (χ0) is 12.2. The lowest BCUT2D eigenvalue weighted by Crippen LogP contribution is -2.42. The predicted molar refractivity (Wildman–Crippen MR) is 69.7 cm³/mol. The highest BCUT2D eigenvalue weighted by Gasteiger charge is 2.24. The van der Waals surface area contributed by atoms with Gasteiger partial charge in [0, 0.05) is 18.7 Å². The van der Waals surface area contributed by atoms with Crippen LogP contribution in [0.1, 0.15) is 60.3 Å². The van der Waals surface area contributed by atoms with Crippen molar-refractivity contribution in [2.45, 2.75) is 71.9 Å². The first-order chi connectivity index (χ1) is 7.29. The van der Waals surface area contributed by atoms with Gasteiger partial charge in [0.2, 0.25) is 0 Å². The molecular weight excluding hydrogens is 198 g/mol. The number of hydrogen-bond acceptors (Lipinski definition) is 2. The molecule has 1 saturated heterocycles. The average Bonchev–Trinajstić information content (AvgIpc) is 2.64. The van der Waals surface area contributed by atoms with Gasteiger partial charge in [-0.2, -0.15) is 0 Å². The Morgan fingerprint density at radius 3 is 2.38 bits per heavy atom. The molecule has 0 saturated carbocycles. The minimum atomic E-state index is 0.223. The second-order valence-corrected chi connectivity index (χ2v) is 6.94. The van der Waals surface area contributed by atoms with Crippen LogP contribution in [0.4, 0.5) is 0 Å². The van der Waals surface area contributed by atoms with Crippen molar-refractivity contribution in [1.82, 2.24) is 5.32 Å². The molecule has 1 unspecified atom stereocenters. The fourth-order valence-electron chi connectivity index (χ4n) is 2.02. The van der Waals surface area contributed by atoms with Crippen LogP contribution in [0.15, 0.2) is 0 Å². The molecule has 16 heavy (non-hydrogen) atoms. The lowest BCUT2D eigenvalue weighted by molar-refractivity contribution is 0.0906. The van der Waals surface area contributed by atoms with Gasteiger partial charge in [-0.25, -0.2) is 0 Å². The summed E-state index contributed by atoms with van der Waals surface area (Å²) < 4.78 is 5.67. The summed E-state index contributed by atoms with van der Waals surface area (Å²) in [5.41, 5.74) is 0.598. The quantitative estimate of drug-likeness (QED) is 0.777. The number of ether oxygens (including phenoxy) is 1. The van der Waals surface area contributed by atoms with E-state index in [2.05, 4.69) is 39.9 Å². The van der Waals surface area contributed by atoms with Gasteiger partial charge in [-0.05, 0) is 51.9 Å². The van der Waals surface area contributed by atoms with Gasteiger partial charge in [0.1, 0.15) is 0 Å². The van der Waals surface area contributed by atoms with Crippen LogP contribution >= 0.6 is 0 Å². The summed E-state index contributed by atoms with van der Waals surface area (Å²) in [6.07, 6.45) is 5.53. The van der Waals surface area contributed by atoms with E-state index in [4.69, 9.17) is 4.74 Å². The normalized spacial score (nSPS) is 22.7. The van der Waals surface area contributed by atoms with Gasteiger partial charge in [-0.3, -0.25) is 0 Å². The number of hydrogen-bond donors (Lipinski definition) is 1. The van der Waals surface area contributed by atoms with Gasteiger partial charge < -0.3 is 10.1 Å². The Labute approximate surface area is 101 Å². The van der Waals surface area contributed by atoms with Gasteiger partial charge in [0.15, 0.2) is 0 Å². The van der Waals surface area contributed by atoms with Crippen LogP contribution in [0.2, 0.25) is 0 Å². The molecule has 1 atom stereocenters. The van der Waals surface area contributed by atoms with Crippen molar-refractivity contribution in [3.8, 4) is 0 Å². The Bertz CT molecular complexity index is 199. The molecule has 0 amide bonds. The highest BCUT2D eigenvalue weighted by molar-refractivity contribution is 4.79. The zero-order valence-corrected chi connectivity index (χ0v) is 11.7. The standard InChI is InChI=1S/C14H29NO/c1-13(2,3)15-11-14(4,5)9-8-12-7-6-10-16-12/h12,15H,6-11H2,1-5H3. The van der Waals surface area contributed by atoms with E-state index in [1.54, 1.807) is 0 Å². The molecule has 2 nitrogen and oxygen atoms in total. The highest BCUT2D eigenvalue weighted by Crippen LogP contribution is 2.26. The van der Waals surface area contributed by atoms with Gasteiger partial charge >= 0.3 is 0 Å². The maximum Gasteiger partial charge on any atom is 0.0576 e. The molecule has 1 heterocycles. The van der Waals surface area contributed by atoms with Crippen molar-refractivity contribution in [3.63, 3.8) is 0 Å². The second-order valence-electron chi connectivity index (χ2n) is 6.94. The van der Waals surface area contributed by atoms with Crippen molar-refractivity contribution in [2.75, 3.05) is 13.2 Å². The smallest absolute Gasteiger partial charge is 0.0576 e. The third-order valence-electron chi connectivity index (χ3n) is 3.26. The Kier molecular flexibility index (Phi) is 4.81. The fraction of sp³-hybridized carbons (Fsp3) is 1.00. The molecule has 0 aromatic carbocycles. The summed E-state index contributed by atoms with van der Waals surface area (Å²) in [4.78, 5) is 0. The van der Waals surface area contributed by atoms with Crippen LogP contribution < -0.4 is 5.32 Å². The summed E-state index contributed by atoms with van der Waals surface area (Å²) in [5, 5.41) is 3.60. The minimum Gasteiger partial charge on any atom is -0.378 e. The van der Waals surface area contributed by atoms with Crippen molar-refractivity contribution < 1.29 is 4.74 Å². The van der Waals surface area contributed by atoms with E-state index in [1.165, 1.54) is 25.7 Å². The molecule has 0 radical (unpaired) electrons. The fourth-order valence-corrected chi connectivity index (χ4v) is 2.02. The summed E-state index contributed by atoms with van der Waals surface area (Å²) in [6.45, 7) is 13.4. The van der Waals surface area contributed by atoms with E-state index < -0.39 is 0 Å². The Hall–Kier alpha value is -0.0800. The van der Waals surface area contributed by atoms with E-state index >= 15 is 0 Å². The minimum absolute atomic E-state index is 0.223. The monoisotopic (exact) mass is 227 g/mol. The lowest BCUT2D eigenvalue weighted by Gasteiger charge is -2.31. The van der Waals surface area contributed by atoms with E-state index in [9.17, 15) is 0 Å². The third kappa shape index (κ3) is 5.86. The lowest BCUT2D eigenvalue weighted by atomic mass is 9.85. The summed E-state index contributed by atoms with van der Waals surface area (Å²) in [7, 11) is 0. The van der Waals surface area contributed by atoms with E-state index in [-0.39, 0.29) is 5.54 Å². The highest BCUT2D eigenvalue weighted by atomic mass is 16.5. The molecule has 1 rings (SSSR count). The molecule has 1 aliphatic heterocycles. The molecule has 2 heteroatoms. The molecular formula is C14H29NO. The molecule has 1 aliphatic rings. The predicted octanol–water partition coefficient (Wildman–Crippen LogP) is 3.36. The van der Waals surface area contributed by atoms with Crippen LogP contribution in [0.5, 0.6) is 0 Å². The van der Waals surface area contributed by atoms with Crippen LogP contribution in [0, 0.1) is 5.41 Å². The maximum atomic E-state index is 5.67. The van der Waals surface area contributed by atoms with Gasteiger partial charge in [-0.1, -0.05) is 13.8 Å². The molecule has 0 aromatic heterocycles. The SMILES string of the molecule is CC(C)(CCC1CCCO1)CNC(C)(C)C. The van der Waals surface area contributed by atoms with Crippen molar-refractivity contribution in [2.24, 2.45) is 5.41 Å². The van der Waals surface area contributed by atoms with E-state index in [0.29, 0.717) is 11.5 Å². The molecule has 0 aliphatic carbocycles. The Morgan fingerprint density at radius 1 is 1.19 bits per heavy atom. The Morgan fingerprint density at radius 2 is 1.88 bits per heavy atom. The molecule has 0 bridgehead atoms. The van der Waals surface area contributed by atoms with Crippen LogP contribution in [0.25, 0.3) is 0 Å². The van der Waals surface area contributed by atoms with Crippen LogP contribution in [-0.4, -0.2) is 24.8 Å². The molecule has 1 fully saturated rings. The first-order valence-electron chi connectivity index (χ1n) is 6.65. The van der Waals surface area contributed by atoms with Crippen LogP contribution in [0.3, 0.4) is 0 Å². The average molecular weight is 227 g/mol. The summed E-state index contributed by atoms with van der Waals surface area (Å²) in [5.74, 6) is 0. The number of rotatable bonds is 5. The third-order valence-corrected chi connectivity index (χ3v) is 3.26. The van der Waals surface area contributed by atoms with Crippen molar-refractivity contribution >= 4 is 0 Å². The van der Waals surface area contributed by atoms with E-state index in [0.717, 1.165) is 13.2 Å². The van der Waals surface area contributed by atoms with E-state index in [1.807, 2.05) is 0 Å².